The molecule has 0 unspecified atom stereocenters. The normalized spacial score (nSPS) is 11.8. The van der Waals surface area contributed by atoms with Gasteiger partial charge in [-0.15, -0.1) is 0 Å². The van der Waals surface area contributed by atoms with Crippen LogP contribution in [0.3, 0.4) is 0 Å². The number of methoxy groups -OCH3 is 2. The fraction of sp³-hybridized carbons (Fsp3) is 0.385. The molecular weight excluding hydrogens is 479 g/mol. The number of ether oxygens (including phenoxy) is 4. The standard InChI is InChI=1S/C24H33FN6O4.C2H6/c1-4-5-19(25)8-9-31(28)24(30-27)20-14-18(16-29-23(20)26)17-6-7-21(34-12-10-32-2)22(15-17)35-13-11-33-3;1-2/h4-8,14-16H,9-13,27-28H2,1-3H3,(H2,26,29);1-2H3/b5-4-,19-8+,30-24-;. The second-order valence-corrected chi connectivity index (χ2v) is 7.19. The Labute approximate surface area is 218 Å². The van der Waals surface area contributed by atoms with Crippen molar-refractivity contribution in [2.24, 2.45) is 16.8 Å². The van der Waals surface area contributed by atoms with Crippen LogP contribution in [0.2, 0.25) is 0 Å². The number of hydrazine groups is 1. The van der Waals surface area contributed by atoms with E-state index >= 15 is 0 Å². The van der Waals surface area contributed by atoms with Crippen LogP contribution in [0.5, 0.6) is 11.5 Å². The van der Waals surface area contributed by atoms with Crippen LogP contribution in [-0.2, 0) is 9.47 Å². The highest BCUT2D eigenvalue weighted by molar-refractivity contribution is 6.03. The third-order valence-corrected chi connectivity index (χ3v) is 4.73. The molecule has 0 aliphatic heterocycles. The smallest absolute Gasteiger partial charge is 0.173 e. The van der Waals surface area contributed by atoms with E-state index in [1.54, 1.807) is 45.5 Å². The number of rotatable bonds is 13. The van der Waals surface area contributed by atoms with Gasteiger partial charge in [-0.25, -0.2) is 15.2 Å². The lowest BCUT2D eigenvalue weighted by molar-refractivity contribution is 0.132. The van der Waals surface area contributed by atoms with E-state index in [0.29, 0.717) is 49.1 Å². The maximum atomic E-state index is 13.7. The molecule has 1 aromatic carbocycles. The molecule has 0 aliphatic rings. The molecule has 0 amide bonds. The molecule has 0 radical (unpaired) electrons. The SMILES string of the molecule is C/C=C\C(F)=C/CN(N)/C(=N\N)c1cc(-c2ccc(OCCOC)c(OCCOC)c2)cnc1N.CC. The molecule has 1 heterocycles. The maximum absolute atomic E-state index is 13.7. The maximum Gasteiger partial charge on any atom is 0.173 e. The summed E-state index contributed by atoms with van der Waals surface area (Å²) >= 11 is 0. The number of anilines is 1. The van der Waals surface area contributed by atoms with Gasteiger partial charge in [-0.05, 0) is 42.8 Å². The van der Waals surface area contributed by atoms with Crippen molar-refractivity contribution in [1.29, 1.82) is 0 Å². The van der Waals surface area contributed by atoms with Crippen LogP contribution in [0.4, 0.5) is 10.2 Å². The van der Waals surface area contributed by atoms with Gasteiger partial charge in [0, 0.05) is 26.0 Å². The lowest BCUT2D eigenvalue weighted by atomic mass is 10.0. The van der Waals surface area contributed by atoms with Crippen molar-refractivity contribution in [3.63, 3.8) is 0 Å². The average Bonchev–Trinajstić information content (AvgIpc) is 2.91. The molecule has 1 aromatic heterocycles. The molecule has 0 fully saturated rings. The van der Waals surface area contributed by atoms with Crippen molar-refractivity contribution < 1.29 is 23.3 Å². The fourth-order valence-corrected chi connectivity index (χ4v) is 3.00. The van der Waals surface area contributed by atoms with Crippen LogP contribution in [0, 0.1) is 0 Å². The molecule has 204 valence electrons. The van der Waals surface area contributed by atoms with Crippen molar-refractivity contribution in [2.45, 2.75) is 20.8 Å². The van der Waals surface area contributed by atoms with Gasteiger partial charge < -0.3 is 30.5 Å². The minimum Gasteiger partial charge on any atom is -0.487 e. The van der Waals surface area contributed by atoms with E-state index in [9.17, 15) is 4.39 Å². The number of allylic oxidation sites excluding steroid dienone is 3. The zero-order valence-corrected chi connectivity index (χ0v) is 22.2. The zero-order chi connectivity index (χ0) is 27.6. The molecule has 11 heteroatoms. The van der Waals surface area contributed by atoms with Crippen molar-refractivity contribution in [3.05, 3.63) is 60.1 Å². The van der Waals surface area contributed by atoms with Crippen LogP contribution in [-0.4, -0.2) is 63.0 Å². The predicted octanol–water partition coefficient (Wildman–Crippen LogP) is 3.63. The Kier molecular flexibility index (Phi) is 15.0. The molecule has 0 bridgehead atoms. The average molecular weight is 519 g/mol. The van der Waals surface area contributed by atoms with E-state index in [2.05, 4.69) is 10.1 Å². The highest BCUT2D eigenvalue weighted by atomic mass is 19.1. The first-order valence-electron chi connectivity index (χ1n) is 11.9. The van der Waals surface area contributed by atoms with E-state index < -0.39 is 5.83 Å². The summed E-state index contributed by atoms with van der Waals surface area (Å²) in [5.74, 6) is 12.7. The number of nitrogen functional groups attached to an aromatic ring is 1. The fourth-order valence-electron chi connectivity index (χ4n) is 3.00. The number of hydrogen-bond donors (Lipinski definition) is 3. The quantitative estimate of drug-likeness (QED) is 0.0904. The van der Waals surface area contributed by atoms with Gasteiger partial charge in [0.2, 0.25) is 0 Å². The molecule has 0 atom stereocenters. The summed E-state index contributed by atoms with van der Waals surface area (Å²) in [5.41, 5.74) is 7.97. The van der Waals surface area contributed by atoms with Crippen molar-refractivity contribution in [3.8, 4) is 22.6 Å². The Balaban J connectivity index is 0.00000334. The number of halogens is 1. The topological polar surface area (TPSA) is 143 Å². The third-order valence-electron chi connectivity index (χ3n) is 4.73. The van der Waals surface area contributed by atoms with Crippen LogP contribution >= 0.6 is 0 Å². The number of nitrogens with zero attached hydrogens (tertiary/aromatic N) is 3. The largest absolute Gasteiger partial charge is 0.487 e. The molecule has 10 nitrogen and oxygen atoms in total. The Morgan fingerprint density at radius 2 is 1.68 bits per heavy atom. The molecular formula is C26H39FN6O4. The second-order valence-electron chi connectivity index (χ2n) is 7.19. The van der Waals surface area contributed by atoms with Crippen molar-refractivity contribution >= 4 is 11.7 Å². The summed E-state index contributed by atoms with van der Waals surface area (Å²) in [6.07, 6.45) is 5.81. The van der Waals surface area contributed by atoms with Gasteiger partial charge in [0.05, 0.1) is 25.3 Å². The summed E-state index contributed by atoms with van der Waals surface area (Å²) < 4.78 is 35.5. The molecule has 0 saturated carbocycles. The molecule has 6 N–H and O–H groups in total. The predicted molar refractivity (Wildman–Crippen MR) is 146 cm³/mol. The second kappa shape index (κ2) is 17.7. The minimum atomic E-state index is -0.437. The molecule has 2 aromatic rings. The lowest BCUT2D eigenvalue weighted by Gasteiger charge is -2.20. The van der Waals surface area contributed by atoms with Gasteiger partial charge in [-0.3, -0.25) is 5.01 Å². The number of pyridine rings is 1. The highest BCUT2D eigenvalue weighted by Crippen LogP contribution is 2.33. The Bertz CT molecular complexity index is 1050. The first-order chi connectivity index (χ1) is 17.9. The molecule has 0 spiro atoms. The first-order valence-corrected chi connectivity index (χ1v) is 11.9. The van der Waals surface area contributed by atoms with E-state index in [-0.39, 0.29) is 18.2 Å². The van der Waals surface area contributed by atoms with Gasteiger partial charge in [0.1, 0.15) is 24.9 Å². The molecule has 37 heavy (non-hydrogen) atoms. The summed E-state index contributed by atoms with van der Waals surface area (Å²) in [6.45, 7) is 7.30. The van der Waals surface area contributed by atoms with Crippen LogP contribution in [0.1, 0.15) is 26.3 Å². The van der Waals surface area contributed by atoms with E-state index in [1.807, 2.05) is 26.0 Å². The van der Waals surface area contributed by atoms with Gasteiger partial charge >= 0.3 is 0 Å². The van der Waals surface area contributed by atoms with E-state index in [1.165, 1.54) is 17.2 Å². The molecule has 2 rings (SSSR count). The van der Waals surface area contributed by atoms with Crippen LogP contribution < -0.4 is 26.9 Å². The highest BCUT2D eigenvalue weighted by Gasteiger charge is 2.17. The zero-order valence-electron chi connectivity index (χ0n) is 22.2. The Morgan fingerprint density at radius 1 is 1.03 bits per heavy atom. The van der Waals surface area contributed by atoms with Gasteiger partial charge in [-0.2, -0.15) is 5.10 Å². The Morgan fingerprint density at radius 3 is 2.27 bits per heavy atom. The number of benzene rings is 1. The van der Waals surface area contributed by atoms with Gasteiger partial charge in [-0.1, -0.05) is 26.0 Å². The number of hydrogen-bond acceptors (Lipinski definition) is 9. The van der Waals surface area contributed by atoms with Crippen LogP contribution in [0.15, 0.2) is 59.6 Å². The first kappa shape index (κ1) is 31.4. The monoisotopic (exact) mass is 518 g/mol. The number of amidine groups is 1. The molecule has 0 aliphatic carbocycles. The number of nitrogens with two attached hydrogens (primary N) is 3. The number of aromatic nitrogens is 1. The van der Waals surface area contributed by atoms with Crippen LogP contribution in [0.25, 0.3) is 11.1 Å². The van der Waals surface area contributed by atoms with Gasteiger partial charge in [0.15, 0.2) is 17.3 Å². The summed E-state index contributed by atoms with van der Waals surface area (Å²) in [6, 6.07) is 7.23. The minimum absolute atomic E-state index is 0.0148. The molecule has 0 saturated heterocycles. The lowest BCUT2D eigenvalue weighted by Crippen LogP contribution is -2.39. The Hall–Kier alpha value is -3.67. The van der Waals surface area contributed by atoms with Crippen molar-refractivity contribution in [1.82, 2.24) is 9.99 Å². The van der Waals surface area contributed by atoms with E-state index in [0.717, 1.165) is 5.56 Å². The third kappa shape index (κ3) is 10.1. The van der Waals surface area contributed by atoms with Gasteiger partial charge in [0.25, 0.3) is 0 Å². The number of hydrazone groups is 1. The summed E-state index contributed by atoms with van der Waals surface area (Å²) in [4.78, 5) is 4.27. The van der Waals surface area contributed by atoms with E-state index in [4.69, 9.17) is 36.4 Å². The summed E-state index contributed by atoms with van der Waals surface area (Å²) in [5, 5.41) is 4.95. The van der Waals surface area contributed by atoms with Crippen molar-refractivity contribution in [2.75, 3.05) is 52.9 Å². The summed E-state index contributed by atoms with van der Waals surface area (Å²) in [7, 11) is 3.20.